The lowest BCUT2D eigenvalue weighted by molar-refractivity contribution is 0.141. The molecule has 4 aromatic rings. The molecule has 0 amide bonds. The highest BCUT2D eigenvalue weighted by atomic mass is 16.5. The number of hydrogen-bond donors (Lipinski definition) is 1. The van der Waals surface area contributed by atoms with E-state index in [2.05, 4.69) is 10.1 Å². The molecule has 0 aliphatic heterocycles. The second-order valence-corrected chi connectivity index (χ2v) is 6.58. The van der Waals surface area contributed by atoms with Gasteiger partial charge in [-0.25, -0.2) is 9.97 Å². The van der Waals surface area contributed by atoms with Gasteiger partial charge in [0.15, 0.2) is 5.75 Å². The van der Waals surface area contributed by atoms with E-state index in [4.69, 9.17) is 19.2 Å². The van der Waals surface area contributed by atoms with Crippen LogP contribution >= 0.6 is 0 Å². The summed E-state index contributed by atoms with van der Waals surface area (Å²) in [4.78, 5) is 9.05. The maximum absolute atomic E-state index is 10.6. The molecule has 156 valence electrons. The predicted octanol–water partition coefficient (Wildman–Crippen LogP) is 3.04. The molecule has 30 heavy (non-hydrogen) atoms. The number of rotatable bonds is 8. The lowest BCUT2D eigenvalue weighted by atomic mass is 10.1. The van der Waals surface area contributed by atoms with Crippen molar-refractivity contribution in [2.24, 2.45) is 0 Å². The number of fused-ring (bicyclic) bond motifs is 1. The van der Waals surface area contributed by atoms with Crippen LogP contribution in [0.5, 0.6) is 17.5 Å². The number of aromatic nitrogens is 5. The molecule has 0 saturated heterocycles. The summed E-state index contributed by atoms with van der Waals surface area (Å²) < 4.78 is 19.5. The van der Waals surface area contributed by atoms with Gasteiger partial charge in [0.05, 0.1) is 42.2 Å². The Labute approximate surface area is 173 Å². The van der Waals surface area contributed by atoms with Gasteiger partial charge in [0.2, 0.25) is 5.88 Å². The van der Waals surface area contributed by atoms with Gasteiger partial charge in [-0.2, -0.15) is 5.10 Å². The fourth-order valence-corrected chi connectivity index (χ4v) is 3.13. The topological polar surface area (TPSA) is 96.5 Å². The highest BCUT2D eigenvalue weighted by Crippen LogP contribution is 2.33. The van der Waals surface area contributed by atoms with E-state index < -0.39 is 0 Å². The van der Waals surface area contributed by atoms with E-state index in [1.807, 2.05) is 31.3 Å². The summed E-state index contributed by atoms with van der Waals surface area (Å²) in [5, 5.41) is 15.6. The van der Waals surface area contributed by atoms with Gasteiger partial charge in [-0.05, 0) is 25.1 Å². The van der Waals surface area contributed by atoms with Crippen LogP contribution in [0.15, 0.2) is 43.0 Å². The normalized spacial score (nSPS) is 11.2. The van der Waals surface area contributed by atoms with E-state index in [1.165, 1.54) is 0 Å². The van der Waals surface area contributed by atoms with Crippen molar-refractivity contribution in [3.63, 3.8) is 0 Å². The molecule has 0 aliphatic carbocycles. The average molecular weight is 409 g/mol. The smallest absolute Gasteiger partial charge is 0.257 e. The van der Waals surface area contributed by atoms with Gasteiger partial charge in [0.1, 0.15) is 6.61 Å². The third kappa shape index (κ3) is 3.67. The Bertz CT molecular complexity index is 1170. The minimum atomic E-state index is 0.122. The van der Waals surface area contributed by atoms with E-state index in [0.717, 1.165) is 17.8 Å². The summed E-state index contributed by atoms with van der Waals surface area (Å²) in [6.07, 6.45) is 7.05. The highest BCUT2D eigenvalue weighted by Gasteiger charge is 2.15. The lowest BCUT2D eigenvalue weighted by Crippen LogP contribution is -2.06. The number of aryl methyl sites for hydroxylation is 1. The molecule has 0 aromatic carbocycles. The Morgan fingerprint density at radius 1 is 1.10 bits per heavy atom. The zero-order valence-electron chi connectivity index (χ0n) is 17.1. The molecule has 1 N–H and O–H groups in total. The standard InChI is InChI=1S/C21H23N5O4/c1-4-25-12-15(11-23-25)26-13-18-16(21(26)27)5-6-17(24-18)14-9-19(29-3)20(22-10-14)30-8-7-28-2/h5-6,9-13,27H,4,7-8H2,1-3H3. The van der Waals surface area contributed by atoms with Crippen molar-refractivity contribution >= 4 is 10.9 Å². The van der Waals surface area contributed by atoms with Crippen LogP contribution in [0.4, 0.5) is 0 Å². The third-order valence-corrected chi connectivity index (χ3v) is 4.73. The number of nitrogens with zero attached hydrogens (tertiary/aromatic N) is 5. The van der Waals surface area contributed by atoms with Crippen molar-refractivity contribution in [1.29, 1.82) is 0 Å². The molecule has 0 fully saturated rings. The van der Waals surface area contributed by atoms with E-state index in [1.54, 1.807) is 42.1 Å². The van der Waals surface area contributed by atoms with Gasteiger partial charge in [0, 0.05) is 37.8 Å². The first kappa shape index (κ1) is 19.7. The van der Waals surface area contributed by atoms with Crippen LogP contribution < -0.4 is 9.47 Å². The molecular weight excluding hydrogens is 386 g/mol. The fourth-order valence-electron chi connectivity index (χ4n) is 3.13. The van der Waals surface area contributed by atoms with Crippen molar-refractivity contribution in [3.8, 4) is 34.5 Å². The molecule has 9 nitrogen and oxygen atoms in total. The van der Waals surface area contributed by atoms with E-state index >= 15 is 0 Å². The Morgan fingerprint density at radius 3 is 2.70 bits per heavy atom. The SMILES string of the molecule is CCn1cc(-n2cc3nc(-c4cnc(OCCOC)c(OC)c4)ccc3c2O)cn1. The van der Waals surface area contributed by atoms with Crippen molar-refractivity contribution < 1.29 is 19.3 Å². The average Bonchev–Trinajstić information content (AvgIpc) is 3.38. The van der Waals surface area contributed by atoms with E-state index in [-0.39, 0.29) is 5.88 Å². The first-order chi connectivity index (χ1) is 14.6. The Morgan fingerprint density at radius 2 is 1.97 bits per heavy atom. The zero-order valence-corrected chi connectivity index (χ0v) is 17.1. The number of aromatic hydroxyl groups is 1. The monoisotopic (exact) mass is 409 g/mol. The highest BCUT2D eigenvalue weighted by molar-refractivity contribution is 5.87. The Hall–Kier alpha value is -3.59. The van der Waals surface area contributed by atoms with Gasteiger partial charge >= 0.3 is 0 Å². The molecule has 0 saturated carbocycles. The minimum Gasteiger partial charge on any atom is -0.494 e. The number of ether oxygens (including phenoxy) is 3. The van der Waals surface area contributed by atoms with Gasteiger partial charge in [-0.15, -0.1) is 0 Å². The fraction of sp³-hybridized carbons (Fsp3) is 0.286. The number of methoxy groups -OCH3 is 2. The molecule has 9 heteroatoms. The molecule has 0 spiro atoms. The summed E-state index contributed by atoms with van der Waals surface area (Å²) >= 11 is 0. The molecule has 0 unspecified atom stereocenters. The molecule has 0 aliphatic rings. The molecule has 4 aromatic heterocycles. The van der Waals surface area contributed by atoms with E-state index in [9.17, 15) is 5.11 Å². The zero-order chi connectivity index (χ0) is 21.1. The van der Waals surface area contributed by atoms with Crippen molar-refractivity contribution in [2.45, 2.75) is 13.5 Å². The van der Waals surface area contributed by atoms with E-state index in [0.29, 0.717) is 41.4 Å². The first-order valence-corrected chi connectivity index (χ1v) is 9.54. The number of pyridine rings is 2. The van der Waals surface area contributed by atoms with Gasteiger partial charge in [0.25, 0.3) is 5.88 Å². The quantitative estimate of drug-likeness (QED) is 0.447. The predicted molar refractivity (Wildman–Crippen MR) is 111 cm³/mol. The Balaban J connectivity index is 1.68. The van der Waals surface area contributed by atoms with Crippen molar-refractivity contribution in [2.75, 3.05) is 27.4 Å². The van der Waals surface area contributed by atoms with Crippen molar-refractivity contribution in [3.05, 3.63) is 43.0 Å². The molecular formula is C21H23N5O4. The summed E-state index contributed by atoms with van der Waals surface area (Å²) in [6.45, 7) is 3.60. The van der Waals surface area contributed by atoms with Gasteiger partial charge < -0.3 is 19.3 Å². The summed E-state index contributed by atoms with van der Waals surface area (Å²) in [5.41, 5.74) is 2.92. The second kappa shape index (κ2) is 8.42. The lowest BCUT2D eigenvalue weighted by Gasteiger charge is -2.10. The van der Waals surface area contributed by atoms with Crippen LogP contribution in [0, 0.1) is 0 Å². The summed E-state index contributed by atoms with van der Waals surface area (Å²) in [5.74, 6) is 1.03. The van der Waals surface area contributed by atoms with Crippen LogP contribution in [0.2, 0.25) is 0 Å². The third-order valence-electron chi connectivity index (χ3n) is 4.73. The Kier molecular flexibility index (Phi) is 5.53. The molecule has 4 heterocycles. The van der Waals surface area contributed by atoms with Crippen LogP contribution in [0.3, 0.4) is 0 Å². The largest absolute Gasteiger partial charge is 0.494 e. The summed E-state index contributed by atoms with van der Waals surface area (Å²) in [7, 11) is 3.18. The van der Waals surface area contributed by atoms with Crippen LogP contribution in [0.25, 0.3) is 27.8 Å². The van der Waals surface area contributed by atoms with Crippen LogP contribution in [-0.4, -0.2) is 56.9 Å². The summed E-state index contributed by atoms with van der Waals surface area (Å²) in [6, 6.07) is 5.50. The van der Waals surface area contributed by atoms with Crippen molar-refractivity contribution in [1.82, 2.24) is 24.3 Å². The second-order valence-electron chi connectivity index (χ2n) is 6.58. The van der Waals surface area contributed by atoms with Crippen LogP contribution in [-0.2, 0) is 11.3 Å². The van der Waals surface area contributed by atoms with Gasteiger partial charge in [-0.1, -0.05) is 0 Å². The minimum absolute atomic E-state index is 0.122. The first-order valence-electron chi connectivity index (χ1n) is 9.54. The molecule has 0 atom stereocenters. The van der Waals surface area contributed by atoms with Gasteiger partial charge in [-0.3, -0.25) is 9.25 Å². The molecule has 4 rings (SSSR count). The maximum Gasteiger partial charge on any atom is 0.257 e. The molecule has 0 bridgehead atoms. The number of hydrogen-bond acceptors (Lipinski definition) is 7. The van der Waals surface area contributed by atoms with Crippen LogP contribution in [0.1, 0.15) is 6.92 Å². The molecule has 0 radical (unpaired) electrons. The maximum atomic E-state index is 10.6.